The van der Waals surface area contributed by atoms with Crippen LogP contribution < -0.4 is 0 Å². The minimum Gasteiger partial charge on any atom is -0.374 e. The fourth-order valence-corrected chi connectivity index (χ4v) is 3.75. The summed E-state index contributed by atoms with van der Waals surface area (Å²) in [6.45, 7) is 11.1. The van der Waals surface area contributed by atoms with E-state index < -0.39 is 16.8 Å². The summed E-state index contributed by atoms with van der Waals surface area (Å²) in [4.78, 5) is 10.9. The maximum atomic E-state index is 11.3. The zero-order valence-electron chi connectivity index (χ0n) is 18.5. The summed E-state index contributed by atoms with van der Waals surface area (Å²) in [5, 5.41) is 18.3. The largest absolute Gasteiger partial charge is 0.374 e. The van der Waals surface area contributed by atoms with Gasteiger partial charge in [-0.05, 0) is 73.9 Å². The smallest absolute Gasteiger partial charge is 0.158 e. The van der Waals surface area contributed by atoms with Crippen molar-refractivity contribution in [2.75, 3.05) is 0 Å². The van der Waals surface area contributed by atoms with Crippen molar-refractivity contribution in [3.63, 3.8) is 0 Å². The number of benzene rings is 4. The van der Waals surface area contributed by atoms with Crippen molar-refractivity contribution in [1.82, 2.24) is 0 Å². The zero-order chi connectivity index (χ0) is 21.7. The molecule has 0 amide bonds. The fraction of sp³-hybridized carbons (Fsp3) is 0.333. The Morgan fingerprint density at radius 3 is 1.87 bits per heavy atom. The Labute approximate surface area is 177 Å². The van der Waals surface area contributed by atoms with E-state index in [-0.39, 0.29) is 0 Å². The maximum Gasteiger partial charge on any atom is 0.158 e. The third-order valence-corrected chi connectivity index (χ3v) is 5.16. The van der Waals surface area contributed by atoms with Crippen LogP contribution in [0.5, 0.6) is 0 Å². The van der Waals surface area contributed by atoms with Crippen LogP contribution >= 0.6 is 0 Å². The number of aliphatic hydroxyl groups is 1. The normalized spacial score (nSPS) is 14.8. The van der Waals surface area contributed by atoms with E-state index >= 15 is 0 Å². The average molecular weight is 401 g/mol. The Morgan fingerprint density at radius 1 is 0.667 bits per heavy atom. The van der Waals surface area contributed by atoms with Crippen LogP contribution in [-0.2, 0) is 15.4 Å². The van der Waals surface area contributed by atoms with Gasteiger partial charge in [0.05, 0.1) is 5.60 Å². The summed E-state index contributed by atoms with van der Waals surface area (Å²) < 4.78 is 0. The minimum absolute atomic E-state index is 0.437. The van der Waals surface area contributed by atoms with Crippen molar-refractivity contribution in [3.8, 4) is 11.8 Å². The first kappa shape index (κ1) is 20.6. The first-order valence-electron chi connectivity index (χ1n) is 10.3. The second-order valence-electron chi connectivity index (χ2n) is 9.58. The summed E-state index contributed by atoms with van der Waals surface area (Å²) in [5.74, 6) is 6.08. The second kappa shape index (κ2) is 6.96. The SMILES string of the molecule is CC(C)(C)OOC(C)(C)C#CC(C)(O)c1ccc2ccc3cccc4ccc1c2c34. The van der Waals surface area contributed by atoms with Crippen LogP contribution in [0.25, 0.3) is 32.3 Å². The summed E-state index contributed by atoms with van der Waals surface area (Å²) in [6, 6.07) is 18.8. The van der Waals surface area contributed by atoms with Crippen LogP contribution in [0, 0.1) is 11.8 Å². The summed E-state index contributed by atoms with van der Waals surface area (Å²) in [7, 11) is 0. The molecule has 0 aliphatic rings. The lowest BCUT2D eigenvalue weighted by molar-refractivity contribution is -0.384. The van der Waals surface area contributed by atoms with Gasteiger partial charge in [0.25, 0.3) is 0 Å². The van der Waals surface area contributed by atoms with E-state index in [1.807, 2.05) is 40.7 Å². The van der Waals surface area contributed by atoms with E-state index in [1.54, 1.807) is 6.92 Å². The van der Waals surface area contributed by atoms with Gasteiger partial charge in [0.2, 0.25) is 0 Å². The third kappa shape index (κ3) is 3.87. The van der Waals surface area contributed by atoms with E-state index in [2.05, 4.69) is 60.4 Å². The van der Waals surface area contributed by atoms with Gasteiger partial charge in [-0.1, -0.05) is 66.4 Å². The monoisotopic (exact) mass is 400 g/mol. The molecule has 0 bridgehead atoms. The molecule has 154 valence electrons. The van der Waals surface area contributed by atoms with Gasteiger partial charge in [-0.3, -0.25) is 0 Å². The van der Waals surface area contributed by atoms with Crippen LogP contribution in [0.2, 0.25) is 0 Å². The molecule has 0 aromatic heterocycles. The third-order valence-electron chi connectivity index (χ3n) is 5.16. The fourth-order valence-electron chi connectivity index (χ4n) is 3.75. The van der Waals surface area contributed by atoms with Crippen LogP contribution in [0.3, 0.4) is 0 Å². The van der Waals surface area contributed by atoms with Crippen LogP contribution in [0.15, 0.2) is 54.6 Å². The molecule has 0 radical (unpaired) electrons. The molecule has 3 heteroatoms. The highest BCUT2D eigenvalue weighted by molar-refractivity contribution is 6.23. The molecule has 0 heterocycles. The number of hydrogen-bond acceptors (Lipinski definition) is 3. The number of rotatable bonds is 3. The van der Waals surface area contributed by atoms with E-state index in [1.165, 1.54) is 16.2 Å². The molecule has 3 nitrogen and oxygen atoms in total. The highest BCUT2D eigenvalue weighted by Gasteiger charge is 2.27. The topological polar surface area (TPSA) is 38.7 Å². The molecule has 0 fully saturated rings. The quantitative estimate of drug-likeness (QED) is 0.189. The van der Waals surface area contributed by atoms with Crippen molar-refractivity contribution in [3.05, 3.63) is 60.2 Å². The summed E-state index contributed by atoms with van der Waals surface area (Å²) >= 11 is 0. The molecule has 4 rings (SSSR count). The molecule has 30 heavy (non-hydrogen) atoms. The highest BCUT2D eigenvalue weighted by Crippen LogP contribution is 2.38. The van der Waals surface area contributed by atoms with Crippen molar-refractivity contribution in [2.45, 2.75) is 58.3 Å². The molecule has 0 aliphatic heterocycles. The Bertz CT molecular complexity index is 1260. The van der Waals surface area contributed by atoms with E-state index in [9.17, 15) is 5.11 Å². The molecule has 0 saturated heterocycles. The van der Waals surface area contributed by atoms with Crippen molar-refractivity contribution >= 4 is 32.3 Å². The van der Waals surface area contributed by atoms with Gasteiger partial charge < -0.3 is 5.11 Å². The van der Waals surface area contributed by atoms with Gasteiger partial charge in [-0.25, -0.2) is 9.78 Å². The van der Waals surface area contributed by atoms with E-state index in [0.717, 1.165) is 21.7 Å². The summed E-state index contributed by atoms with van der Waals surface area (Å²) in [5.41, 5.74) is -1.85. The van der Waals surface area contributed by atoms with Crippen molar-refractivity contribution < 1.29 is 14.9 Å². The Balaban J connectivity index is 1.81. The van der Waals surface area contributed by atoms with Crippen LogP contribution in [-0.4, -0.2) is 16.3 Å². The second-order valence-corrected chi connectivity index (χ2v) is 9.58. The number of hydrogen-bond donors (Lipinski definition) is 1. The van der Waals surface area contributed by atoms with Crippen molar-refractivity contribution in [2.24, 2.45) is 0 Å². The standard InChI is InChI=1S/C27H28O3/c1-25(2,3)29-30-26(4,5)16-17-27(6,28)22-15-13-20-11-10-18-8-7-9-19-12-14-21(22)24(20)23(18)19/h7-15,28H,1-6H3. The molecule has 4 aromatic rings. The lowest BCUT2D eigenvalue weighted by atomic mass is 9.86. The van der Waals surface area contributed by atoms with Crippen molar-refractivity contribution in [1.29, 1.82) is 0 Å². The molecule has 1 unspecified atom stereocenters. The zero-order valence-corrected chi connectivity index (χ0v) is 18.5. The molecule has 0 spiro atoms. The minimum atomic E-state index is -1.34. The predicted molar refractivity (Wildman–Crippen MR) is 123 cm³/mol. The summed E-state index contributed by atoms with van der Waals surface area (Å²) in [6.07, 6.45) is 0. The van der Waals surface area contributed by atoms with Crippen LogP contribution in [0.1, 0.15) is 47.1 Å². The molecule has 0 saturated carbocycles. The molecule has 1 N–H and O–H groups in total. The van der Waals surface area contributed by atoms with Crippen LogP contribution in [0.4, 0.5) is 0 Å². The Kier molecular flexibility index (Phi) is 4.78. The Hall–Kier alpha value is -2.64. The lowest BCUT2D eigenvalue weighted by Gasteiger charge is -2.26. The van der Waals surface area contributed by atoms with E-state index in [0.29, 0.717) is 0 Å². The molecular formula is C27H28O3. The Morgan fingerprint density at radius 2 is 1.23 bits per heavy atom. The van der Waals surface area contributed by atoms with Gasteiger partial charge in [0, 0.05) is 5.56 Å². The van der Waals surface area contributed by atoms with Gasteiger partial charge in [0.15, 0.2) is 5.60 Å². The predicted octanol–water partition coefficient (Wildman–Crippen LogP) is 6.32. The van der Waals surface area contributed by atoms with Gasteiger partial charge >= 0.3 is 0 Å². The molecule has 0 aliphatic carbocycles. The maximum absolute atomic E-state index is 11.3. The van der Waals surface area contributed by atoms with Gasteiger partial charge in [0.1, 0.15) is 5.60 Å². The first-order chi connectivity index (χ1) is 14.0. The molecule has 4 aromatic carbocycles. The molecular weight excluding hydrogens is 372 g/mol. The van der Waals surface area contributed by atoms with Gasteiger partial charge in [-0.2, -0.15) is 0 Å². The lowest BCUT2D eigenvalue weighted by Crippen LogP contribution is -2.30. The average Bonchev–Trinajstić information content (AvgIpc) is 2.69. The van der Waals surface area contributed by atoms with E-state index in [4.69, 9.17) is 9.78 Å². The first-order valence-corrected chi connectivity index (χ1v) is 10.3. The van der Waals surface area contributed by atoms with Gasteiger partial charge in [-0.15, -0.1) is 0 Å². The molecule has 1 atom stereocenters. The highest BCUT2D eigenvalue weighted by atomic mass is 17.2.